The van der Waals surface area contributed by atoms with Gasteiger partial charge in [0, 0.05) is 12.5 Å². The molecule has 4 heteroatoms. The second-order valence-corrected chi connectivity index (χ2v) is 3.96. The lowest BCUT2D eigenvalue weighted by molar-refractivity contribution is 0.141. The van der Waals surface area contributed by atoms with Crippen LogP contribution in [0.3, 0.4) is 0 Å². The number of rotatable bonds is 3. The van der Waals surface area contributed by atoms with Crippen molar-refractivity contribution in [3.8, 4) is 5.75 Å². The molecule has 90 valence electrons. The van der Waals surface area contributed by atoms with E-state index in [1.54, 1.807) is 0 Å². The van der Waals surface area contributed by atoms with Crippen LogP contribution in [0.4, 0.5) is 0 Å². The molecule has 0 spiro atoms. The maximum absolute atomic E-state index is 5.81. The smallest absolute Gasteiger partial charge is 0.124 e. The highest BCUT2D eigenvalue weighted by atomic mass is 35.5. The van der Waals surface area contributed by atoms with Crippen molar-refractivity contribution < 1.29 is 9.47 Å². The normalized spacial score (nSPS) is 21.2. The quantitative estimate of drug-likeness (QED) is 0.886. The van der Waals surface area contributed by atoms with Crippen molar-refractivity contribution in [2.45, 2.75) is 25.5 Å². The Labute approximate surface area is 102 Å². The fraction of sp³-hybridized carbons (Fsp3) is 0.500. The molecule has 1 saturated heterocycles. The average Bonchev–Trinajstić information content (AvgIpc) is 2.71. The zero-order chi connectivity index (χ0) is 10.7. The summed E-state index contributed by atoms with van der Waals surface area (Å²) in [5, 5.41) is 0. The summed E-state index contributed by atoms with van der Waals surface area (Å²) in [4.78, 5) is 0. The topological polar surface area (TPSA) is 44.5 Å². The van der Waals surface area contributed by atoms with E-state index in [1.807, 2.05) is 31.2 Å². The molecule has 1 fully saturated rings. The third kappa shape index (κ3) is 3.37. The minimum Gasteiger partial charge on any atom is -0.488 e. The van der Waals surface area contributed by atoms with Crippen molar-refractivity contribution in [2.75, 3.05) is 13.2 Å². The maximum atomic E-state index is 5.81. The first-order valence-electron chi connectivity index (χ1n) is 5.35. The van der Waals surface area contributed by atoms with Gasteiger partial charge in [0.05, 0.1) is 13.2 Å². The van der Waals surface area contributed by atoms with E-state index >= 15 is 0 Å². The summed E-state index contributed by atoms with van der Waals surface area (Å²) in [6.45, 7) is 3.47. The van der Waals surface area contributed by atoms with Gasteiger partial charge in [0.1, 0.15) is 11.9 Å². The van der Waals surface area contributed by atoms with Crippen LogP contribution in [0.15, 0.2) is 24.3 Å². The molecule has 2 rings (SSSR count). The van der Waals surface area contributed by atoms with Crippen molar-refractivity contribution in [1.82, 2.24) is 0 Å². The molecule has 0 radical (unpaired) electrons. The van der Waals surface area contributed by atoms with Crippen molar-refractivity contribution in [3.05, 3.63) is 29.8 Å². The highest BCUT2D eigenvalue weighted by Gasteiger charge is 2.17. The van der Waals surface area contributed by atoms with Gasteiger partial charge in [-0.3, -0.25) is 0 Å². The Bertz CT molecular complexity index is 325. The summed E-state index contributed by atoms with van der Waals surface area (Å²) in [5.41, 5.74) is 6.91. The molecule has 1 aliphatic heterocycles. The van der Waals surface area contributed by atoms with Gasteiger partial charge in [0.25, 0.3) is 0 Å². The minimum absolute atomic E-state index is 0. The molecule has 2 atom stereocenters. The minimum atomic E-state index is 0. The second-order valence-electron chi connectivity index (χ2n) is 3.96. The molecule has 0 bridgehead atoms. The second kappa shape index (κ2) is 6.09. The first-order chi connectivity index (χ1) is 7.25. The van der Waals surface area contributed by atoms with Crippen LogP contribution in [0.1, 0.15) is 24.9 Å². The van der Waals surface area contributed by atoms with Crippen LogP contribution >= 0.6 is 12.4 Å². The van der Waals surface area contributed by atoms with Gasteiger partial charge in [-0.1, -0.05) is 12.1 Å². The molecule has 0 aliphatic carbocycles. The number of ether oxygens (including phenoxy) is 2. The van der Waals surface area contributed by atoms with Gasteiger partial charge in [0.2, 0.25) is 0 Å². The molecule has 1 aliphatic rings. The highest BCUT2D eigenvalue weighted by molar-refractivity contribution is 5.85. The van der Waals surface area contributed by atoms with Gasteiger partial charge in [-0.25, -0.2) is 0 Å². The molecule has 1 heterocycles. The molecule has 16 heavy (non-hydrogen) atoms. The van der Waals surface area contributed by atoms with E-state index in [-0.39, 0.29) is 24.6 Å². The Balaban J connectivity index is 0.00000128. The van der Waals surface area contributed by atoms with E-state index < -0.39 is 0 Å². The van der Waals surface area contributed by atoms with Gasteiger partial charge in [-0.15, -0.1) is 12.4 Å². The van der Waals surface area contributed by atoms with Crippen LogP contribution in [-0.2, 0) is 4.74 Å². The Morgan fingerprint density at radius 3 is 2.94 bits per heavy atom. The summed E-state index contributed by atoms with van der Waals surface area (Å²) >= 11 is 0. The molecule has 0 aromatic heterocycles. The fourth-order valence-electron chi connectivity index (χ4n) is 1.67. The molecule has 0 saturated carbocycles. The molecule has 0 amide bonds. The van der Waals surface area contributed by atoms with E-state index in [1.165, 1.54) is 0 Å². The van der Waals surface area contributed by atoms with Gasteiger partial charge in [-0.05, 0) is 24.6 Å². The zero-order valence-corrected chi connectivity index (χ0v) is 10.2. The molecular weight excluding hydrogens is 226 g/mol. The van der Waals surface area contributed by atoms with Crippen molar-refractivity contribution in [3.63, 3.8) is 0 Å². The van der Waals surface area contributed by atoms with E-state index in [0.717, 1.165) is 24.3 Å². The first kappa shape index (κ1) is 13.3. The van der Waals surface area contributed by atoms with Crippen LogP contribution < -0.4 is 10.5 Å². The lowest BCUT2D eigenvalue weighted by Gasteiger charge is -2.13. The number of benzene rings is 1. The monoisotopic (exact) mass is 243 g/mol. The molecule has 3 nitrogen and oxygen atoms in total. The summed E-state index contributed by atoms with van der Waals surface area (Å²) in [6.07, 6.45) is 1.18. The SMILES string of the molecule is C[C@H](N)c1cccc(O[C@@H]2CCOC2)c1.Cl. The lowest BCUT2D eigenvalue weighted by Crippen LogP contribution is -2.16. The summed E-state index contributed by atoms with van der Waals surface area (Å²) in [5.74, 6) is 0.889. The molecule has 1 aromatic carbocycles. The van der Waals surface area contributed by atoms with Gasteiger partial charge in [0.15, 0.2) is 0 Å². The van der Waals surface area contributed by atoms with Crippen LogP contribution in [0.2, 0.25) is 0 Å². The predicted octanol–water partition coefficient (Wildman–Crippen LogP) is 2.30. The van der Waals surface area contributed by atoms with Gasteiger partial charge >= 0.3 is 0 Å². The van der Waals surface area contributed by atoms with Crippen LogP contribution in [0.25, 0.3) is 0 Å². The van der Waals surface area contributed by atoms with Crippen molar-refractivity contribution >= 4 is 12.4 Å². The Morgan fingerprint density at radius 1 is 1.50 bits per heavy atom. The third-order valence-corrected chi connectivity index (χ3v) is 2.57. The molecule has 1 aromatic rings. The number of hydrogen-bond acceptors (Lipinski definition) is 3. The Kier molecular flexibility index (Phi) is 5.06. The van der Waals surface area contributed by atoms with Crippen molar-refractivity contribution in [1.29, 1.82) is 0 Å². The average molecular weight is 244 g/mol. The third-order valence-electron chi connectivity index (χ3n) is 2.57. The largest absolute Gasteiger partial charge is 0.488 e. The van der Waals surface area contributed by atoms with Crippen LogP contribution in [-0.4, -0.2) is 19.3 Å². The van der Waals surface area contributed by atoms with E-state index in [4.69, 9.17) is 15.2 Å². The van der Waals surface area contributed by atoms with Gasteiger partial charge < -0.3 is 15.2 Å². The highest BCUT2D eigenvalue weighted by Crippen LogP contribution is 2.20. The van der Waals surface area contributed by atoms with Gasteiger partial charge in [-0.2, -0.15) is 0 Å². The number of hydrogen-bond donors (Lipinski definition) is 1. The Morgan fingerprint density at radius 2 is 2.31 bits per heavy atom. The summed E-state index contributed by atoms with van der Waals surface area (Å²) < 4.78 is 11.0. The standard InChI is InChI=1S/C12H17NO2.ClH/c1-9(13)10-3-2-4-11(7-10)15-12-5-6-14-8-12;/h2-4,7,9,12H,5-6,8,13H2,1H3;1H/t9-,12+;/m0./s1. The summed E-state index contributed by atoms with van der Waals surface area (Å²) in [7, 11) is 0. The van der Waals surface area contributed by atoms with E-state index in [2.05, 4.69) is 0 Å². The van der Waals surface area contributed by atoms with E-state index in [9.17, 15) is 0 Å². The lowest BCUT2D eigenvalue weighted by atomic mass is 10.1. The maximum Gasteiger partial charge on any atom is 0.124 e. The number of halogens is 1. The molecule has 2 N–H and O–H groups in total. The molecule has 0 unspecified atom stereocenters. The first-order valence-corrected chi connectivity index (χ1v) is 5.35. The zero-order valence-electron chi connectivity index (χ0n) is 9.39. The van der Waals surface area contributed by atoms with Crippen LogP contribution in [0.5, 0.6) is 5.75 Å². The summed E-state index contributed by atoms with van der Waals surface area (Å²) in [6, 6.07) is 8.01. The van der Waals surface area contributed by atoms with E-state index in [0.29, 0.717) is 6.61 Å². The number of nitrogens with two attached hydrogens (primary N) is 1. The Hall–Kier alpha value is -0.770. The van der Waals surface area contributed by atoms with Crippen LogP contribution in [0, 0.1) is 0 Å². The predicted molar refractivity (Wildman–Crippen MR) is 66.1 cm³/mol. The fourth-order valence-corrected chi connectivity index (χ4v) is 1.67. The van der Waals surface area contributed by atoms with Crippen molar-refractivity contribution in [2.24, 2.45) is 5.73 Å². The molecular formula is C12H18ClNO2.